The quantitative estimate of drug-likeness (QED) is 0.471. The van der Waals surface area contributed by atoms with Gasteiger partial charge in [-0.2, -0.15) is 0 Å². The van der Waals surface area contributed by atoms with E-state index < -0.39 is 24.1 Å². The fourth-order valence-electron chi connectivity index (χ4n) is 3.56. The molecule has 1 aromatic heterocycles. The number of nitrogens with zero attached hydrogens (tertiary/aromatic N) is 1. The summed E-state index contributed by atoms with van der Waals surface area (Å²) in [7, 11) is 1.64. The maximum absolute atomic E-state index is 13.0. The van der Waals surface area contributed by atoms with Crippen LogP contribution < -0.4 is 20.1 Å². The lowest BCUT2D eigenvalue weighted by Crippen LogP contribution is -2.51. The van der Waals surface area contributed by atoms with E-state index in [-0.39, 0.29) is 25.7 Å². The molecule has 0 unspecified atom stereocenters. The lowest BCUT2D eigenvalue weighted by Gasteiger charge is -2.25. The Hall–Kier alpha value is -3.69. The number of amides is 3. The molecule has 0 radical (unpaired) electrons. The van der Waals surface area contributed by atoms with Gasteiger partial charge < -0.3 is 34.5 Å². The highest BCUT2D eigenvalue weighted by Crippen LogP contribution is 2.34. The van der Waals surface area contributed by atoms with Crippen LogP contribution in [0.5, 0.6) is 11.5 Å². The summed E-state index contributed by atoms with van der Waals surface area (Å²) in [4.78, 5) is 38.7. The molecule has 3 rings (SSSR count). The molecule has 0 saturated heterocycles. The second-order valence-electron chi connectivity index (χ2n) is 7.85. The van der Waals surface area contributed by atoms with Gasteiger partial charge in [-0.1, -0.05) is 25.8 Å². The highest BCUT2D eigenvalue weighted by Gasteiger charge is 2.27. The maximum atomic E-state index is 13.0. The SMILES string of the molecule is CCCC[C@H](NC(=O)N[C@@H](CC(=O)O)c1ccc2c(c1)OCO2)C(=O)N(C)Cc1ccco1. The van der Waals surface area contributed by atoms with Crippen LogP contribution in [0.4, 0.5) is 4.79 Å². The van der Waals surface area contributed by atoms with Crippen molar-refractivity contribution in [1.29, 1.82) is 0 Å². The normalized spacial score (nSPS) is 13.8. The average molecular weight is 459 g/mol. The van der Waals surface area contributed by atoms with Gasteiger partial charge >= 0.3 is 12.0 Å². The van der Waals surface area contributed by atoms with Crippen LogP contribution in [0.15, 0.2) is 41.0 Å². The third-order valence-corrected chi connectivity index (χ3v) is 5.28. The topological polar surface area (TPSA) is 130 Å². The molecule has 2 atom stereocenters. The molecule has 3 amide bonds. The number of carboxylic acid groups (broad SMARTS) is 1. The molecule has 10 heteroatoms. The standard InChI is InChI=1S/C23H29N3O7/c1-3-4-7-17(22(29)26(2)13-16-6-5-10-31-16)24-23(30)25-18(12-21(27)28)15-8-9-19-20(11-15)33-14-32-19/h5-6,8-11,17-18H,3-4,7,12-14H2,1-2H3,(H,27,28)(H2,24,25,30)/t17-,18-/m0/s1. The van der Waals surface area contributed by atoms with Gasteiger partial charge in [0.25, 0.3) is 0 Å². The Morgan fingerprint density at radius 3 is 2.64 bits per heavy atom. The molecule has 1 aliphatic rings. The number of hydrogen-bond donors (Lipinski definition) is 3. The zero-order valence-electron chi connectivity index (χ0n) is 18.7. The van der Waals surface area contributed by atoms with Crippen molar-refractivity contribution in [2.24, 2.45) is 0 Å². The van der Waals surface area contributed by atoms with E-state index in [1.807, 2.05) is 6.92 Å². The van der Waals surface area contributed by atoms with Crippen molar-refractivity contribution in [3.63, 3.8) is 0 Å². The van der Waals surface area contributed by atoms with Gasteiger partial charge in [-0.05, 0) is 36.2 Å². The summed E-state index contributed by atoms with van der Waals surface area (Å²) >= 11 is 0. The number of nitrogens with one attached hydrogen (secondary N) is 2. The van der Waals surface area contributed by atoms with Gasteiger partial charge in [0.05, 0.1) is 25.3 Å². The zero-order chi connectivity index (χ0) is 23.8. The first-order valence-corrected chi connectivity index (χ1v) is 10.8. The van der Waals surface area contributed by atoms with Crippen molar-refractivity contribution in [3.8, 4) is 11.5 Å². The predicted octanol–water partition coefficient (Wildman–Crippen LogP) is 3.04. The first-order valence-electron chi connectivity index (χ1n) is 10.8. The number of furan rings is 1. The minimum Gasteiger partial charge on any atom is -0.481 e. The molecule has 0 aliphatic carbocycles. The largest absolute Gasteiger partial charge is 0.481 e. The Morgan fingerprint density at radius 2 is 1.94 bits per heavy atom. The van der Waals surface area contributed by atoms with Gasteiger partial charge in [0.2, 0.25) is 12.7 Å². The summed E-state index contributed by atoms with van der Waals surface area (Å²) in [5.41, 5.74) is 0.558. The number of ether oxygens (including phenoxy) is 2. The Bertz CT molecular complexity index is 961. The number of carbonyl (C=O) groups is 3. The Kier molecular flexibility index (Phi) is 8.17. The third-order valence-electron chi connectivity index (χ3n) is 5.28. The third kappa shape index (κ3) is 6.64. The highest BCUT2D eigenvalue weighted by atomic mass is 16.7. The highest BCUT2D eigenvalue weighted by molar-refractivity contribution is 5.87. The van der Waals surface area contributed by atoms with Crippen LogP contribution in [-0.2, 0) is 16.1 Å². The second-order valence-corrected chi connectivity index (χ2v) is 7.85. The Balaban J connectivity index is 1.68. The molecule has 0 saturated carbocycles. The molecular weight excluding hydrogens is 430 g/mol. The fraction of sp³-hybridized carbons (Fsp3) is 0.435. The molecule has 1 aromatic carbocycles. The minimum atomic E-state index is -1.07. The van der Waals surface area contributed by atoms with Crippen molar-refractivity contribution in [3.05, 3.63) is 47.9 Å². The van der Waals surface area contributed by atoms with Crippen molar-refractivity contribution < 1.29 is 33.4 Å². The van der Waals surface area contributed by atoms with E-state index in [4.69, 9.17) is 13.9 Å². The van der Waals surface area contributed by atoms with Crippen LogP contribution in [0.1, 0.15) is 50.0 Å². The van der Waals surface area contributed by atoms with Crippen LogP contribution in [0.25, 0.3) is 0 Å². The number of urea groups is 1. The molecule has 2 aromatic rings. The summed E-state index contributed by atoms with van der Waals surface area (Å²) in [6.07, 6.45) is 3.25. The van der Waals surface area contributed by atoms with E-state index in [1.54, 1.807) is 37.4 Å². The number of benzene rings is 1. The molecule has 0 spiro atoms. The van der Waals surface area contributed by atoms with Gasteiger partial charge in [0, 0.05) is 7.05 Å². The predicted molar refractivity (Wildman–Crippen MR) is 118 cm³/mol. The van der Waals surface area contributed by atoms with Crippen molar-refractivity contribution >= 4 is 17.9 Å². The van der Waals surface area contributed by atoms with Crippen LogP contribution in [-0.4, -0.2) is 47.8 Å². The van der Waals surface area contributed by atoms with E-state index in [2.05, 4.69) is 10.6 Å². The monoisotopic (exact) mass is 459 g/mol. The molecule has 33 heavy (non-hydrogen) atoms. The van der Waals surface area contributed by atoms with Crippen molar-refractivity contribution in [2.75, 3.05) is 13.8 Å². The van der Waals surface area contributed by atoms with Gasteiger partial charge in [0.1, 0.15) is 11.8 Å². The number of unbranched alkanes of at least 4 members (excludes halogenated alkanes) is 1. The number of fused-ring (bicyclic) bond motifs is 1. The molecule has 0 bridgehead atoms. The summed E-state index contributed by atoms with van der Waals surface area (Å²) in [5, 5.41) is 14.7. The molecule has 10 nitrogen and oxygen atoms in total. The second kappa shape index (κ2) is 11.3. The average Bonchev–Trinajstić information content (AvgIpc) is 3.46. The van der Waals surface area contributed by atoms with Crippen molar-refractivity contribution in [2.45, 2.75) is 51.2 Å². The maximum Gasteiger partial charge on any atom is 0.315 e. The molecule has 0 fully saturated rings. The fourth-order valence-corrected chi connectivity index (χ4v) is 3.56. The summed E-state index contributed by atoms with van der Waals surface area (Å²) < 4.78 is 15.9. The molecule has 2 heterocycles. The number of hydrogen-bond acceptors (Lipinski definition) is 6. The van der Waals surface area contributed by atoms with Crippen LogP contribution in [0, 0.1) is 0 Å². The molecule has 1 aliphatic heterocycles. The zero-order valence-corrected chi connectivity index (χ0v) is 18.7. The Morgan fingerprint density at radius 1 is 1.15 bits per heavy atom. The van der Waals surface area contributed by atoms with Gasteiger partial charge in [0.15, 0.2) is 11.5 Å². The number of likely N-dealkylation sites (N-methyl/N-ethyl adjacent to an activating group) is 1. The lowest BCUT2D eigenvalue weighted by atomic mass is 10.0. The van der Waals surface area contributed by atoms with Crippen LogP contribution >= 0.6 is 0 Å². The van der Waals surface area contributed by atoms with E-state index in [0.717, 1.165) is 12.8 Å². The lowest BCUT2D eigenvalue weighted by molar-refractivity contribution is -0.137. The summed E-state index contributed by atoms with van der Waals surface area (Å²) in [6, 6.07) is 6.31. The van der Waals surface area contributed by atoms with Crippen LogP contribution in [0.2, 0.25) is 0 Å². The van der Waals surface area contributed by atoms with E-state index in [9.17, 15) is 19.5 Å². The number of aliphatic carboxylic acids is 1. The van der Waals surface area contributed by atoms with Gasteiger partial charge in [-0.3, -0.25) is 9.59 Å². The Labute approximate surface area is 191 Å². The number of rotatable bonds is 11. The number of carbonyl (C=O) groups excluding carboxylic acids is 2. The van der Waals surface area contributed by atoms with Crippen molar-refractivity contribution in [1.82, 2.24) is 15.5 Å². The van der Waals surface area contributed by atoms with E-state index in [0.29, 0.717) is 29.2 Å². The molecule has 178 valence electrons. The summed E-state index contributed by atoms with van der Waals surface area (Å²) in [5.74, 6) is 0.347. The van der Waals surface area contributed by atoms with Crippen LogP contribution in [0.3, 0.4) is 0 Å². The van der Waals surface area contributed by atoms with Gasteiger partial charge in [-0.15, -0.1) is 0 Å². The number of carboxylic acids is 1. The first kappa shape index (κ1) is 24.0. The minimum absolute atomic E-state index is 0.0864. The smallest absolute Gasteiger partial charge is 0.315 e. The molecular formula is C23H29N3O7. The first-order chi connectivity index (χ1) is 15.9. The molecule has 3 N–H and O–H groups in total. The van der Waals surface area contributed by atoms with E-state index >= 15 is 0 Å². The summed E-state index contributed by atoms with van der Waals surface area (Å²) in [6.45, 7) is 2.36. The van der Waals surface area contributed by atoms with Gasteiger partial charge in [-0.25, -0.2) is 4.79 Å². The van der Waals surface area contributed by atoms with E-state index in [1.165, 1.54) is 11.2 Å².